The predicted molar refractivity (Wildman–Crippen MR) is 89.8 cm³/mol. The molecular weight excluding hydrogens is 320 g/mol. The summed E-state index contributed by atoms with van der Waals surface area (Å²) >= 11 is 0. The van der Waals surface area contributed by atoms with E-state index in [0.29, 0.717) is 29.5 Å². The number of amides is 1. The number of rotatable bonds is 4. The molecule has 1 aliphatic heterocycles. The Hall–Kier alpha value is -2.70. The molecule has 4 rings (SSSR count). The van der Waals surface area contributed by atoms with Crippen LogP contribution in [0.1, 0.15) is 56.1 Å². The van der Waals surface area contributed by atoms with Crippen molar-refractivity contribution in [1.82, 2.24) is 20.2 Å². The standard InChI is InChI=1S/C18H20N4O3/c1-11(2)18-19-17(21-25-18)14-7-5-9-22(14)16(23)10-13-12-6-3-4-8-15(12)24-20-13/h3-4,6,8,11,14H,5,7,9-10H2,1-2H3/t14-/m0/s1. The van der Waals surface area contributed by atoms with Crippen LogP contribution in [0.2, 0.25) is 0 Å². The monoisotopic (exact) mass is 340 g/mol. The Morgan fingerprint density at radius 1 is 1.28 bits per heavy atom. The van der Waals surface area contributed by atoms with Crippen molar-refractivity contribution in [1.29, 1.82) is 0 Å². The fraction of sp³-hybridized carbons (Fsp3) is 0.444. The quantitative estimate of drug-likeness (QED) is 0.725. The number of carbonyl (C=O) groups excluding carboxylic acids is 1. The van der Waals surface area contributed by atoms with E-state index in [9.17, 15) is 4.79 Å². The number of carbonyl (C=O) groups is 1. The van der Waals surface area contributed by atoms with E-state index in [0.717, 1.165) is 18.2 Å². The molecule has 3 heterocycles. The number of benzene rings is 1. The number of hydrogen-bond acceptors (Lipinski definition) is 6. The molecule has 1 amide bonds. The molecule has 1 fully saturated rings. The summed E-state index contributed by atoms with van der Waals surface area (Å²) in [4.78, 5) is 19.1. The molecule has 0 saturated carbocycles. The highest BCUT2D eigenvalue weighted by Gasteiger charge is 2.34. The van der Waals surface area contributed by atoms with E-state index in [1.54, 1.807) is 0 Å². The molecule has 2 aromatic heterocycles. The lowest BCUT2D eigenvalue weighted by Gasteiger charge is -2.21. The van der Waals surface area contributed by atoms with Gasteiger partial charge in [-0.2, -0.15) is 4.98 Å². The van der Waals surface area contributed by atoms with Gasteiger partial charge in [0.15, 0.2) is 11.4 Å². The predicted octanol–water partition coefficient (Wildman–Crippen LogP) is 3.24. The van der Waals surface area contributed by atoms with Crippen LogP contribution < -0.4 is 0 Å². The van der Waals surface area contributed by atoms with Crippen molar-refractivity contribution in [3.8, 4) is 0 Å². The molecule has 25 heavy (non-hydrogen) atoms. The Morgan fingerprint density at radius 3 is 2.92 bits per heavy atom. The molecule has 7 nitrogen and oxygen atoms in total. The van der Waals surface area contributed by atoms with Crippen LogP contribution in [-0.4, -0.2) is 32.6 Å². The summed E-state index contributed by atoms with van der Waals surface area (Å²) in [5, 5.41) is 9.03. The van der Waals surface area contributed by atoms with Crippen LogP contribution >= 0.6 is 0 Å². The van der Waals surface area contributed by atoms with Gasteiger partial charge < -0.3 is 13.9 Å². The van der Waals surface area contributed by atoms with Crippen LogP contribution in [-0.2, 0) is 11.2 Å². The first-order valence-electron chi connectivity index (χ1n) is 8.59. The molecule has 3 aromatic rings. The second kappa shape index (κ2) is 6.31. The Bertz CT molecular complexity index is 899. The lowest BCUT2D eigenvalue weighted by molar-refractivity contribution is -0.131. The van der Waals surface area contributed by atoms with Gasteiger partial charge in [-0.3, -0.25) is 4.79 Å². The third-order valence-corrected chi connectivity index (χ3v) is 4.59. The minimum Gasteiger partial charge on any atom is -0.356 e. The molecule has 0 spiro atoms. The van der Waals surface area contributed by atoms with E-state index in [1.807, 2.05) is 43.0 Å². The molecule has 7 heteroatoms. The van der Waals surface area contributed by atoms with Gasteiger partial charge in [0.1, 0.15) is 5.69 Å². The SMILES string of the molecule is CC(C)c1nc([C@@H]2CCCN2C(=O)Cc2noc3ccccc23)no1. The maximum atomic E-state index is 12.8. The molecule has 1 saturated heterocycles. The molecular formula is C18H20N4O3. The number of aromatic nitrogens is 3. The Kier molecular flexibility index (Phi) is 3.99. The number of hydrogen-bond donors (Lipinski definition) is 0. The van der Waals surface area contributed by atoms with Gasteiger partial charge in [0.25, 0.3) is 0 Å². The summed E-state index contributed by atoms with van der Waals surface area (Å²) in [6.07, 6.45) is 1.99. The van der Waals surface area contributed by atoms with Gasteiger partial charge in [0.05, 0.1) is 12.5 Å². The van der Waals surface area contributed by atoms with E-state index in [4.69, 9.17) is 9.05 Å². The van der Waals surface area contributed by atoms with Crippen LogP contribution in [0.3, 0.4) is 0 Å². The number of likely N-dealkylation sites (tertiary alicyclic amines) is 1. The van der Waals surface area contributed by atoms with E-state index in [1.165, 1.54) is 0 Å². The Morgan fingerprint density at radius 2 is 2.12 bits per heavy atom. The van der Waals surface area contributed by atoms with E-state index >= 15 is 0 Å². The maximum absolute atomic E-state index is 12.8. The molecule has 0 aliphatic carbocycles. The molecule has 1 aromatic carbocycles. The van der Waals surface area contributed by atoms with Crippen LogP contribution in [0.25, 0.3) is 11.0 Å². The molecule has 0 N–H and O–H groups in total. The smallest absolute Gasteiger partial charge is 0.229 e. The highest BCUT2D eigenvalue weighted by Crippen LogP contribution is 2.31. The van der Waals surface area contributed by atoms with Gasteiger partial charge >= 0.3 is 0 Å². The molecule has 0 radical (unpaired) electrons. The second-order valence-corrected chi connectivity index (χ2v) is 6.69. The van der Waals surface area contributed by atoms with Crippen molar-refractivity contribution in [3.05, 3.63) is 41.7 Å². The minimum atomic E-state index is -0.123. The second-order valence-electron chi connectivity index (χ2n) is 6.69. The summed E-state index contributed by atoms with van der Waals surface area (Å²) in [5.74, 6) is 1.39. The number of nitrogens with zero attached hydrogens (tertiary/aromatic N) is 4. The third kappa shape index (κ3) is 2.90. The van der Waals surface area contributed by atoms with Crippen LogP contribution in [0.15, 0.2) is 33.3 Å². The molecule has 0 unspecified atom stereocenters. The van der Waals surface area contributed by atoms with Crippen molar-refractivity contribution in [2.24, 2.45) is 0 Å². The summed E-state index contributed by atoms with van der Waals surface area (Å²) in [5.41, 5.74) is 1.37. The maximum Gasteiger partial charge on any atom is 0.229 e. The first kappa shape index (κ1) is 15.8. The molecule has 0 bridgehead atoms. The normalized spacial score (nSPS) is 17.7. The highest BCUT2D eigenvalue weighted by molar-refractivity contribution is 5.86. The number of para-hydroxylation sites is 1. The van der Waals surface area contributed by atoms with Crippen LogP contribution in [0.5, 0.6) is 0 Å². The minimum absolute atomic E-state index is 0.0115. The van der Waals surface area contributed by atoms with E-state index in [2.05, 4.69) is 15.3 Å². The fourth-order valence-corrected chi connectivity index (χ4v) is 3.26. The third-order valence-electron chi connectivity index (χ3n) is 4.59. The van der Waals surface area contributed by atoms with Gasteiger partial charge in [-0.1, -0.05) is 36.3 Å². The zero-order valence-electron chi connectivity index (χ0n) is 14.3. The van der Waals surface area contributed by atoms with Crippen molar-refractivity contribution >= 4 is 16.9 Å². The summed E-state index contributed by atoms with van der Waals surface area (Å²) in [7, 11) is 0. The van der Waals surface area contributed by atoms with Crippen molar-refractivity contribution in [2.75, 3.05) is 6.54 Å². The first-order valence-corrected chi connectivity index (χ1v) is 8.59. The number of fused-ring (bicyclic) bond motifs is 1. The van der Waals surface area contributed by atoms with Gasteiger partial charge in [0.2, 0.25) is 11.8 Å². The van der Waals surface area contributed by atoms with Crippen molar-refractivity contribution < 1.29 is 13.8 Å². The fourth-order valence-electron chi connectivity index (χ4n) is 3.26. The van der Waals surface area contributed by atoms with Gasteiger partial charge in [-0.15, -0.1) is 0 Å². The van der Waals surface area contributed by atoms with E-state index in [-0.39, 0.29) is 24.3 Å². The van der Waals surface area contributed by atoms with Gasteiger partial charge in [-0.25, -0.2) is 0 Å². The van der Waals surface area contributed by atoms with Crippen molar-refractivity contribution in [3.63, 3.8) is 0 Å². The van der Waals surface area contributed by atoms with Crippen LogP contribution in [0, 0.1) is 0 Å². The molecule has 1 aliphatic rings. The largest absolute Gasteiger partial charge is 0.356 e. The topological polar surface area (TPSA) is 85.3 Å². The molecule has 130 valence electrons. The average molecular weight is 340 g/mol. The average Bonchev–Trinajstić information content (AvgIpc) is 3.34. The Balaban J connectivity index is 1.54. The summed E-state index contributed by atoms with van der Waals surface area (Å²) in [6, 6.07) is 7.45. The first-order chi connectivity index (χ1) is 12.1. The summed E-state index contributed by atoms with van der Waals surface area (Å²) in [6.45, 7) is 4.71. The lowest BCUT2D eigenvalue weighted by atomic mass is 10.1. The van der Waals surface area contributed by atoms with E-state index < -0.39 is 0 Å². The summed E-state index contributed by atoms with van der Waals surface area (Å²) < 4.78 is 10.6. The van der Waals surface area contributed by atoms with Gasteiger partial charge in [0, 0.05) is 17.8 Å². The zero-order valence-corrected chi connectivity index (χ0v) is 14.3. The lowest BCUT2D eigenvalue weighted by Crippen LogP contribution is -2.32. The van der Waals surface area contributed by atoms with Crippen molar-refractivity contribution in [2.45, 2.75) is 45.1 Å². The highest BCUT2D eigenvalue weighted by atomic mass is 16.5. The molecule has 1 atom stereocenters. The zero-order chi connectivity index (χ0) is 17.4. The van der Waals surface area contributed by atoms with Crippen LogP contribution in [0.4, 0.5) is 0 Å². The van der Waals surface area contributed by atoms with Gasteiger partial charge in [-0.05, 0) is 25.0 Å². The Labute approximate surface area is 145 Å².